The van der Waals surface area contributed by atoms with E-state index in [0.29, 0.717) is 6.42 Å². The van der Waals surface area contributed by atoms with Crippen molar-refractivity contribution in [2.24, 2.45) is 0 Å². The summed E-state index contributed by atoms with van der Waals surface area (Å²) in [5.74, 6) is 0.0917. The van der Waals surface area contributed by atoms with Crippen LogP contribution in [0.25, 0.3) is 0 Å². The van der Waals surface area contributed by atoms with Crippen molar-refractivity contribution in [2.45, 2.75) is 37.9 Å². The Labute approximate surface area is 123 Å². The number of fused-ring (bicyclic) bond motifs is 5. The van der Waals surface area contributed by atoms with E-state index in [4.69, 9.17) is 0 Å². The molecule has 2 saturated heterocycles. The van der Waals surface area contributed by atoms with Gasteiger partial charge in [0, 0.05) is 18.2 Å². The zero-order valence-corrected chi connectivity index (χ0v) is 12.5. The fourth-order valence-corrected chi connectivity index (χ4v) is 4.13. The maximum atomic E-state index is 12.4. The summed E-state index contributed by atoms with van der Waals surface area (Å²) in [7, 11) is 1.71. The zero-order valence-electron chi connectivity index (χ0n) is 12.5. The number of carbonyl (C=O) groups excluding carboxylic acids is 2. The van der Waals surface area contributed by atoms with Crippen LogP contribution < -0.4 is 5.32 Å². The molecule has 0 aromatic heterocycles. The smallest absolute Gasteiger partial charge is 0.245 e. The summed E-state index contributed by atoms with van der Waals surface area (Å²) in [6, 6.07) is 6.00. The summed E-state index contributed by atoms with van der Waals surface area (Å²) in [5, 5.41) is 3.46. The number of likely N-dealkylation sites (N-methyl/N-ethyl adjacent to an activating group) is 1. The van der Waals surface area contributed by atoms with Crippen LogP contribution in [0.3, 0.4) is 0 Å². The number of hydrogen-bond donors (Lipinski definition) is 1. The number of amides is 2. The number of hydrogen-bond acceptors (Lipinski definition) is 3. The second-order valence-electron chi connectivity index (χ2n) is 6.73. The highest BCUT2D eigenvalue weighted by Crippen LogP contribution is 2.51. The van der Waals surface area contributed by atoms with Gasteiger partial charge < -0.3 is 15.1 Å². The Balaban J connectivity index is 1.82. The van der Waals surface area contributed by atoms with Gasteiger partial charge in [0.15, 0.2) is 0 Å². The van der Waals surface area contributed by atoms with Gasteiger partial charge in [0.2, 0.25) is 11.8 Å². The zero-order chi connectivity index (χ0) is 14.9. The number of anilines is 1. The van der Waals surface area contributed by atoms with E-state index in [9.17, 15) is 9.59 Å². The molecule has 3 aliphatic heterocycles. The number of carbonyl (C=O) groups is 2. The summed E-state index contributed by atoms with van der Waals surface area (Å²) in [6.07, 6.45) is 0.584. The van der Waals surface area contributed by atoms with Crippen LogP contribution in [0.2, 0.25) is 0 Å². The van der Waals surface area contributed by atoms with Crippen molar-refractivity contribution in [3.63, 3.8) is 0 Å². The van der Waals surface area contributed by atoms with E-state index in [-0.39, 0.29) is 36.0 Å². The van der Waals surface area contributed by atoms with Gasteiger partial charge in [-0.3, -0.25) is 9.59 Å². The van der Waals surface area contributed by atoms with Crippen LogP contribution in [0.5, 0.6) is 0 Å². The standard InChI is InChI=1S/C16H19N3O2/c1-9-4-5-11-10(6-9)16(2)7-12-14(21)18(3)8-13(20)19(12)15(16)17-11/h4-6,12,15,17H,7-8H2,1-3H3/t12-,15-,16-/m1/s1. The topological polar surface area (TPSA) is 52.7 Å². The van der Waals surface area contributed by atoms with E-state index in [1.807, 2.05) is 0 Å². The first kappa shape index (κ1) is 12.7. The lowest BCUT2D eigenvalue weighted by atomic mass is 9.79. The number of nitrogens with one attached hydrogen (secondary N) is 1. The molecule has 0 spiro atoms. The Bertz CT molecular complexity index is 671. The molecule has 0 saturated carbocycles. The van der Waals surface area contributed by atoms with Gasteiger partial charge in [-0.1, -0.05) is 24.6 Å². The fourth-order valence-electron chi connectivity index (χ4n) is 4.13. The largest absolute Gasteiger partial charge is 0.364 e. The van der Waals surface area contributed by atoms with Crippen molar-refractivity contribution in [3.8, 4) is 0 Å². The minimum atomic E-state index is -0.326. The molecule has 1 aromatic rings. The average molecular weight is 285 g/mol. The van der Waals surface area contributed by atoms with E-state index in [1.165, 1.54) is 11.1 Å². The highest BCUT2D eigenvalue weighted by Gasteiger charge is 2.60. The van der Waals surface area contributed by atoms with E-state index < -0.39 is 0 Å². The average Bonchev–Trinajstić information content (AvgIpc) is 2.86. The molecular formula is C16H19N3O2. The Morgan fingerprint density at radius 2 is 2.10 bits per heavy atom. The molecule has 0 unspecified atom stereocenters. The van der Waals surface area contributed by atoms with E-state index >= 15 is 0 Å². The van der Waals surface area contributed by atoms with Crippen molar-refractivity contribution >= 4 is 17.5 Å². The molecule has 3 aliphatic rings. The first-order valence-electron chi connectivity index (χ1n) is 7.35. The molecule has 110 valence electrons. The Morgan fingerprint density at radius 3 is 2.86 bits per heavy atom. The third-order valence-corrected chi connectivity index (χ3v) is 5.24. The summed E-state index contributed by atoms with van der Waals surface area (Å²) in [5.41, 5.74) is 3.33. The first-order chi connectivity index (χ1) is 9.91. The molecule has 0 radical (unpaired) electrons. The maximum absolute atomic E-state index is 12.4. The molecule has 2 fully saturated rings. The van der Waals surface area contributed by atoms with Crippen LogP contribution >= 0.6 is 0 Å². The van der Waals surface area contributed by atoms with Crippen molar-refractivity contribution in [1.82, 2.24) is 9.80 Å². The van der Waals surface area contributed by atoms with Gasteiger partial charge >= 0.3 is 0 Å². The lowest BCUT2D eigenvalue weighted by Gasteiger charge is -2.37. The van der Waals surface area contributed by atoms with Crippen molar-refractivity contribution in [2.75, 3.05) is 18.9 Å². The van der Waals surface area contributed by atoms with Crippen LogP contribution in [0, 0.1) is 6.92 Å². The number of piperazine rings is 1. The Kier molecular flexibility index (Phi) is 2.28. The third kappa shape index (κ3) is 1.46. The molecule has 1 aromatic carbocycles. The minimum Gasteiger partial charge on any atom is -0.364 e. The lowest BCUT2D eigenvalue weighted by molar-refractivity contribution is -0.153. The predicted molar refractivity (Wildman–Crippen MR) is 78.8 cm³/mol. The van der Waals surface area contributed by atoms with Crippen molar-refractivity contribution in [1.29, 1.82) is 0 Å². The van der Waals surface area contributed by atoms with Crippen molar-refractivity contribution < 1.29 is 9.59 Å². The molecular weight excluding hydrogens is 266 g/mol. The van der Waals surface area contributed by atoms with Gasteiger partial charge in [0.05, 0.1) is 6.54 Å². The molecule has 0 aliphatic carbocycles. The quantitative estimate of drug-likeness (QED) is 0.776. The summed E-state index contributed by atoms with van der Waals surface area (Å²) in [4.78, 5) is 28.2. The molecule has 5 heteroatoms. The fraction of sp³-hybridized carbons (Fsp3) is 0.500. The number of nitrogens with zero attached hydrogens (tertiary/aromatic N) is 2. The van der Waals surface area contributed by atoms with Gasteiger partial charge in [-0.05, 0) is 25.0 Å². The maximum Gasteiger partial charge on any atom is 0.245 e. The highest BCUT2D eigenvalue weighted by molar-refractivity contribution is 5.96. The van der Waals surface area contributed by atoms with Crippen molar-refractivity contribution in [3.05, 3.63) is 29.3 Å². The molecule has 1 N–H and O–H groups in total. The minimum absolute atomic E-state index is 0.0350. The van der Waals surface area contributed by atoms with Gasteiger partial charge in [-0.25, -0.2) is 0 Å². The predicted octanol–water partition coefficient (Wildman–Crippen LogP) is 1.08. The van der Waals surface area contributed by atoms with E-state index in [1.54, 1.807) is 16.8 Å². The Hall–Kier alpha value is -2.04. The van der Waals surface area contributed by atoms with Gasteiger partial charge in [0.25, 0.3) is 0 Å². The molecule has 0 bridgehead atoms. The second kappa shape index (κ2) is 3.78. The Morgan fingerprint density at radius 1 is 1.33 bits per heavy atom. The van der Waals surface area contributed by atoms with E-state index in [2.05, 4.69) is 37.4 Å². The first-order valence-corrected chi connectivity index (χ1v) is 7.35. The molecule has 2 amide bonds. The molecule has 3 atom stereocenters. The monoisotopic (exact) mass is 285 g/mol. The summed E-state index contributed by atoms with van der Waals surface area (Å²) >= 11 is 0. The number of aryl methyl sites for hydroxylation is 1. The number of benzene rings is 1. The lowest BCUT2D eigenvalue weighted by Crippen LogP contribution is -2.59. The molecule has 4 rings (SSSR count). The van der Waals surface area contributed by atoms with Gasteiger partial charge in [-0.15, -0.1) is 0 Å². The number of rotatable bonds is 0. The van der Waals surface area contributed by atoms with Crippen LogP contribution in [-0.2, 0) is 15.0 Å². The van der Waals surface area contributed by atoms with Gasteiger partial charge in [-0.2, -0.15) is 0 Å². The van der Waals surface area contributed by atoms with E-state index in [0.717, 1.165) is 5.69 Å². The molecule has 21 heavy (non-hydrogen) atoms. The highest BCUT2D eigenvalue weighted by atomic mass is 16.2. The van der Waals surface area contributed by atoms with Crippen LogP contribution in [0.1, 0.15) is 24.5 Å². The van der Waals surface area contributed by atoms with Crippen LogP contribution in [0.15, 0.2) is 18.2 Å². The normalized spacial score (nSPS) is 33.7. The third-order valence-electron chi connectivity index (χ3n) is 5.24. The summed E-state index contributed by atoms with van der Waals surface area (Å²) in [6.45, 7) is 4.41. The van der Waals surface area contributed by atoms with Crippen LogP contribution in [-0.4, -0.2) is 47.4 Å². The SMILES string of the molecule is Cc1ccc2c(c1)[C@@]1(C)C[C@@H]3C(=O)N(C)CC(=O)N3[C@H]1N2. The second-order valence-corrected chi connectivity index (χ2v) is 6.73. The summed E-state index contributed by atoms with van der Waals surface area (Å²) < 4.78 is 0. The van der Waals surface area contributed by atoms with Crippen LogP contribution in [0.4, 0.5) is 5.69 Å². The van der Waals surface area contributed by atoms with Gasteiger partial charge in [0.1, 0.15) is 12.2 Å². The molecule has 5 nitrogen and oxygen atoms in total. The molecule has 3 heterocycles.